The van der Waals surface area contributed by atoms with Gasteiger partial charge >= 0.3 is 5.97 Å². The summed E-state index contributed by atoms with van der Waals surface area (Å²) in [7, 11) is 0. The van der Waals surface area contributed by atoms with Gasteiger partial charge in [0.25, 0.3) is 5.91 Å². The van der Waals surface area contributed by atoms with E-state index in [4.69, 9.17) is 10.8 Å². The van der Waals surface area contributed by atoms with Crippen molar-refractivity contribution < 1.29 is 14.7 Å². The molecule has 0 saturated heterocycles. The molecule has 0 aliphatic carbocycles. The number of carboxylic acid groups (broad SMARTS) is 1. The minimum absolute atomic E-state index is 0.252. The predicted octanol–water partition coefficient (Wildman–Crippen LogP) is -0.793. The molecule has 58 valence electrons. The van der Waals surface area contributed by atoms with Gasteiger partial charge in [-0.15, -0.1) is 0 Å². The second kappa shape index (κ2) is 2.41. The number of carbonyl (C=O) groups excluding carboxylic acids is 1. The molecule has 4 N–H and O–H groups in total. The first-order valence-electron chi connectivity index (χ1n) is 2.69. The summed E-state index contributed by atoms with van der Waals surface area (Å²) in [6, 6.07) is 0. The number of aromatic carboxylic acids is 1. The summed E-state index contributed by atoms with van der Waals surface area (Å²) in [6.45, 7) is 0. The Hall–Kier alpha value is -1.85. The number of H-pyrrole nitrogens is 1. The topological polar surface area (TPSA) is 109 Å². The molecule has 1 amide bonds. The molecule has 0 aliphatic heterocycles. The second-order valence-electron chi connectivity index (χ2n) is 1.80. The van der Waals surface area contributed by atoms with Crippen LogP contribution in [0.15, 0.2) is 6.33 Å². The molecule has 0 aromatic carbocycles. The lowest BCUT2D eigenvalue weighted by Crippen LogP contribution is -2.16. The Balaban J connectivity index is 3.16. The van der Waals surface area contributed by atoms with Crippen molar-refractivity contribution >= 4 is 11.9 Å². The Kier molecular flexibility index (Phi) is 1.59. The standard InChI is InChI=1S/C5H5N3O3/c6-4(9)2-3(5(10)11)8-1-7-2/h1H,(H2,6,9)(H,7,8)(H,10,11). The lowest BCUT2D eigenvalue weighted by atomic mass is 10.3. The Morgan fingerprint density at radius 3 is 2.64 bits per heavy atom. The van der Waals surface area contributed by atoms with E-state index in [0.717, 1.165) is 6.33 Å². The van der Waals surface area contributed by atoms with Crippen LogP contribution in [0.4, 0.5) is 0 Å². The third-order valence-corrected chi connectivity index (χ3v) is 1.09. The third kappa shape index (κ3) is 1.18. The Morgan fingerprint density at radius 1 is 1.64 bits per heavy atom. The number of amides is 1. The minimum Gasteiger partial charge on any atom is -0.477 e. The fourth-order valence-corrected chi connectivity index (χ4v) is 0.644. The molecule has 6 heteroatoms. The molecule has 0 saturated carbocycles. The van der Waals surface area contributed by atoms with Gasteiger partial charge in [0.2, 0.25) is 0 Å². The number of hydrogen-bond donors (Lipinski definition) is 3. The highest BCUT2D eigenvalue weighted by Gasteiger charge is 2.16. The molecular weight excluding hydrogens is 150 g/mol. The van der Waals surface area contributed by atoms with Gasteiger partial charge in [-0.3, -0.25) is 4.79 Å². The van der Waals surface area contributed by atoms with Gasteiger partial charge in [0.15, 0.2) is 11.4 Å². The van der Waals surface area contributed by atoms with Crippen molar-refractivity contribution in [2.45, 2.75) is 0 Å². The van der Waals surface area contributed by atoms with E-state index in [2.05, 4.69) is 9.97 Å². The highest BCUT2D eigenvalue weighted by Crippen LogP contribution is 2.00. The Labute approximate surface area is 61.0 Å². The monoisotopic (exact) mass is 155 g/mol. The lowest BCUT2D eigenvalue weighted by Gasteiger charge is -1.89. The maximum Gasteiger partial charge on any atom is 0.354 e. The van der Waals surface area contributed by atoms with Crippen LogP contribution in [0.3, 0.4) is 0 Å². The molecule has 0 bridgehead atoms. The van der Waals surface area contributed by atoms with E-state index >= 15 is 0 Å². The number of imidazole rings is 1. The van der Waals surface area contributed by atoms with Crippen molar-refractivity contribution in [2.75, 3.05) is 0 Å². The lowest BCUT2D eigenvalue weighted by molar-refractivity contribution is 0.0686. The molecule has 0 spiro atoms. The van der Waals surface area contributed by atoms with Crippen molar-refractivity contribution in [3.8, 4) is 0 Å². The first-order chi connectivity index (χ1) is 5.13. The molecule has 1 aromatic heterocycles. The van der Waals surface area contributed by atoms with Crippen LogP contribution in [0.2, 0.25) is 0 Å². The first kappa shape index (κ1) is 7.26. The van der Waals surface area contributed by atoms with Crippen LogP contribution in [0, 0.1) is 0 Å². The quantitative estimate of drug-likeness (QED) is 0.519. The van der Waals surface area contributed by atoms with E-state index in [0.29, 0.717) is 0 Å². The molecule has 6 nitrogen and oxygen atoms in total. The maximum absolute atomic E-state index is 10.5. The molecule has 1 rings (SSSR count). The van der Waals surface area contributed by atoms with Gasteiger partial charge in [-0.1, -0.05) is 0 Å². The number of nitrogens with zero attached hydrogens (tertiary/aromatic N) is 1. The van der Waals surface area contributed by atoms with E-state index in [1.165, 1.54) is 0 Å². The van der Waals surface area contributed by atoms with Crippen LogP contribution in [0.1, 0.15) is 21.0 Å². The highest BCUT2D eigenvalue weighted by atomic mass is 16.4. The van der Waals surface area contributed by atoms with Gasteiger partial charge in [-0.2, -0.15) is 0 Å². The number of nitrogens with two attached hydrogens (primary N) is 1. The maximum atomic E-state index is 10.5. The van der Waals surface area contributed by atoms with E-state index < -0.39 is 11.9 Å². The fraction of sp³-hybridized carbons (Fsp3) is 0. The third-order valence-electron chi connectivity index (χ3n) is 1.09. The zero-order valence-corrected chi connectivity index (χ0v) is 5.37. The number of rotatable bonds is 2. The van der Waals surface area contributed by atoms with Crippen molar-refractivity contribution in [3.05, 3.63) is 17.7 Å². The number of hydrogen-bond acceptors (Lipinski definition) is 3. The molecular formula is C5H5N3O3. The van der Waals surface area contributed by atoms with Crippen LogP contribution in [0.25, 0.3) is 0 Å². The van der Waals surface area contributed by atoms with Crippen LogP contribution < -0.4 is 5.73 Å². The van der Waals surface area contributed by atoms with Crippen LogP contribution in [-0.2, 0) is 0 Å². The van der Waals surface area contributed by atoms with Gasteiger partial charge in [-0.25, -0.2) is 9.78 Å². The van der Waals surface area contributed by atoms with Gasteiger partial charge < -0.3 is 15.8 Å². The largest absolute Gasteiger partial charge is 0.477 e. The Morgan fingerprint density at radius 2 is 2.27 bits per heavy atom. The van der Waals surface area contributed by atoms with Crippen molar-refractivity contribution in [3.63, 3.8) is 0 Å². The van der Waals surface area contributed by atoms with Crippen LogP contribution in [-0.4, -0.2) is 27.0 Å². The van der Waals surface area contributed by atoms with Crippen molar-refractivity contribution in [1.29, 1.82) is 0 Å². The smallest absolute Gasteiger partial charge is 0.354 e. The molecule has 0 radical (unpaired) electrons. The average Bonchev–Trinajstić information content (AvgIpc) is 2.32. The summed E-state index contributed by atoms with van der Waals surface area (Å²) < 4.78 is 0. The number of primary amides is 1. The molecule has 0 aliphatic rings. The summed E-state index contributed by atoms with van der Waals surface area (Å²) in [5.41, 5.74) is 4.28. The average molecular weight is 155 g/mol. The summed E-state index contributed by atoms with van der Waals surface area (Å²) in [6.07, 6.45) is 1.10. The summed E-state index contributed by atoms with van der Waals surface area (Å²) in [4.78, 5) is 26.5. The van der Waals surface area contributed by atoms with Gasteiger partial charge in [0.05, 0.1) is 6.33 Å². The van der Waals surface area contributed by atoms with Crippen LogP contribution in [0.5, 0.6) is 0 Å². The van der Waals surface area contributed by atoms with Gasteiger partial charge in [-0.05, 0) is 0 Å². The van der Waals surface area contributed by atoms with Gasteiger partial charge in [0, 0.05) is 0 Å². The SMILES string of the molecule is NC(=O)c1nc[nH]c1C(=O)O. The number of aromatic nitrogens is 2. The normalized spacial score (nSPS) is 9.45. The van der Waals surface area contributed by atoms with Crippen molar-refractivity contribution in [2.24, 2.45) is 5.73 Å². The van der Waals surface area contributed by atoms with Crippen molar-refractivity contribution in [1.82, 2.24) is 9.97 Å². The zero-order chi connectivity index (χ0) is 8.43. The second-order valence-corrected chi connectivity index (χ2v) is 1.80. The molecule has 11 heavy (non-hydrogen) atoms. The van der Waals surface area contributed by atoms with E-state index in [1.54, 1.807) is 0 Å². The van der Waals surface area contributed by atoms with E-state index in [9.17, 15) is 9.59 Å². The molecule has 0 atom stereocenters. The number of carbonyl (C=O) groups is 2. The highest BCUT2D eigenvalue weighted by molar-refractivity contribution is 6.01. The molecule has 0 unspecified atom stereocenters. The predicted molar refractivity (Wildman–Crippen MR) is 34.1 cm³/mol. The van der Waals surface area contributed by atoms with E-state index in [-0.39, 0.29) is 11.4 Å². The molecule has 1 aromatic rings. The first-order valence-corrected chi connectivity index (χ1v) is 2.69. The number of carboxylic acids is 1. The summed E-state index contributed by atoms with van der Waals surface area (Å²) in [5, 5.41) is 8.42. The Bertz CT molecular complexity index is 275. The molecule has 0 fully saturated rings. The molecule has 1 heterocycles. The number of aromatic amines is 1. The zero-order valence-electron chi connectivity index (χ0n) is 5.37. The summed E-state index contributed by atoms with van der Waals surface area (Å²) >= 11 is 0. The van der Waals surface area contributed by atoms with E-state index in [1.807, 2.05) is 0 Å². The minimum atomic E-state index is -1.25. The van der Waals surface area contributed by atoms with Gasteiger partial charge in [0.1, 0.15) is 0 Å². The fourth-order valence-electron chi connectivity index (χ4n) is 0.644. The number of nitrogens with one attached hydrogen (secondary N) is 1. The van der Waals surface area contributed by atoms with Crippen LogP contribution >= 0.6 is 0 Å². The summed E-state index contributed by atoms with van der Waals surface area (Å²) in [5.74, 6) is -2.11.